The number of likely N-dealkylation sites (N-methyl/N-ethyl adjacent to an activating group) is 1. The first-order valence-corrected chi connectivity index (χ1v) is 11.0. The number of furan rings is 1. The van der Waals surface area contributed by atoms with Crippen molar-refractivity contribution >= 4 is 27.7 Å². The van der Waals surface area contributed by atoms with Gasteiger partial charge in [-0.1, -0.05) is 13.8 Å². The Hall–Kier alpha value is -2.09. The number of carbonyl (C=O) groups is 2. The molecule has 29 heavy (non-hydrogen) atoms. The van der Waals surface area contributed by atoms with Gasteiger partial charge in [0.25, 0.3) is 5.91 Å². The second-order valence-electron chi connectivity index (χ2n) is 8.46. The van der Waals surface area contributed by atoms with Crippen LogP contribution in [0.1, 0.15) is 61.3 Å². The Morgan fingerprint density at radius 2 is 2.07 bits per heavy atom. The van der Waals surface area contributed by atoms with Crippen LogP contribution in [0, 0.1) is 5.92 Å². The Morgan fingerprint density at radius 3 is 2.69 bits per heavy atom. The third-order valence-electron chi connectivity index (χ3n) is 5.92. The van der Waals surface area contributed by atoms with Gasteiger partial charge in [0.05, 0.1) is 16.2 Å². The lowest BCUT2D eigenvalue weighted by Crippen LogP contribution is -2.42. The lowest BCUT2D eigenvalue weighted by molar-refractivity contribution is -0.135. The van der Waals surface area contributed by atoms with Gasteiger partial charge in [0.15, 0.2) is 5.76 Å². The van der Waals surface area contributed by atoms with Crippen LogP contribution in [0.5, 0.6) is 0 Å². The molecule has 8 heteroatoms. The van der Waals surface area contributed by atoms with Gasteiger partial charge >= 0.3 is 0 Å². The maximum atomic E-state index is 13.3. The van der Waals surface area contributed by atoms with Crippen molar-refractivity contribution < 1.29 is 14.0 Å². The van der Waals surface area contributed by atoms with Gasteiger partial charge in [0.2, 0.25) is 5.91 Å². The molecule has 156 valence electrons. The molecule has 2 unspecified atom stereocenters. The Balaban J connectivity index is 1.43. The van der Waals surface area contributed by atoms with E-state index in [4.69, 9.17) is 9.52 Å². The molecule has 2 aromatic heterocycles. The Morgan fingerprint density at radius 1 is 1.31 bits per heavy atom. The average molecular weight is 463 g/mol. The van der Waals surface area contributed by atoms with E-state index < -0.39 is 0 Å². The van der Waals surface area contributed by atoms with Crippen molar-refractivity contribution in [3.63, 3.8) is 0 Å². The SMILES string of the molecule is CC(C)C(C(=O)N1CCC(N(C)C(=O)c2cc(Br)co2)C1)n1ccc(C2CC2)n1. The van der Waals surface area contributed by atoms with Gasteiger partial charge in [-0.25, -0.2) is 0 Å². The first-order chi connectivity index (χ1) is 13.8. The summed E-state index contributed by atoms with van der Waals surface area (Å²) in [5.74, 6) is 0.907. The quantitative estimate of drug-likeness (QED) is 0.655. The smallest absolute Gasteiger partial charge is 0.289 e. The van der Waals surface area contributed by atoms with E-state index in [-0.39, 0.29) is 29.8 Å². The standard InChI is InChI=1S/C21H27BrN4O3/c1-13(2)19(26-9-7-17(23-26)14-4-5-14)21(28)25-8-6-16(11-25)24(3)20(27)18-10-15(22)12-29-18/h7,9-10,12-14,16,19H,4-6,8,11H2,1-3H3. The summed E-state index contributed by atoms with van der Waals surface area (Å²) in [5.41, 5.74) is 1.10. The van der Waals surface area contributed by atoms with Gasteiger partial charge in [-0.3, -0.25) is 14.3 Å². The number of likely N-dealkylation sites (tertiary alicyclic amines) is 1. The van der Waals surface area contributed by atoms with Crippen LogP contribution in [-0.2, 0) is 4.79 Å². The first kappa shape index (κ1) is 20.2. The van der Waals surface area contributed by atoms with E-state index >= 15 is 0 Å². The lowest BCUT2D eigenvalue weighted by Gasteiger charge is -2.28. The van der Waals surface area contributed by atoms with E-state index in [0.29, 0.717) is 24.8 Å². The minimum absolute atomic E-state index is 0.0252. The number of hydrogen-bond donors (Lipinski definition) is 0. The fraction of sp³-hybridized carbons (Fsp3) is 0.571. The first-order valence-electron chi connectivity index (χ1n) is 10.2. The molecule has 3 heterocycles. The van der Waals surface area contributed by atoms with Crippen molar-refractivity contribution in [2.24, 2.45) is 5.92 Å². The van der Waals surface area contributed by atoms with Gasteiger partial charge in [0.1, 0.15) is 12.3 Å². The summed E-state index contributed by atoms with van der Waals surface area (Å²) in [6, 6.07) is 3.37. The summed E-state index contributed by atoms with van der Waals surface area (Å²) in [7, 11) is 1.77. The minimum Gasteiger partial charge on any atom is -0.458 e. The highest BCUT2D eigenvalue weighted by atomic mass is 79.9. The molecule has 1 saturated heterocycles. The van der Waals surface area contributed by atoms with E-state index in [0.717, 1.165) is 16.6 Å². The van der Waals surface area contributed by atoms with Crippen molar-refractivity contribution in [3.05, 3.63) is 40.5 Å². The summed E-state index contributed by atoms with van der Waals surface area (Å²) in [5, 5.41) is 4.70. The second kappa shape index (κ2) is 7.97. The van der Waals surface area contributed by atoms with E-state index in [1.54, 1.807) is 18.0 Å². The van der Waals surface area contributed by atoms with Crippen molar-refractivity contribution in [1.29, 1.82) is 0 Å². The fourth-order valence-electron chi connectivity index (χ4n) is 4.02. The molecule has 1 saturated carbocycles. The molecule has 0 N–H and O–H groups in total. The van der Waals surface area contributed by atoms with Crippen LogP contribution < -0.4 is 0 Å². The summed E-state index contributed by atoms with van der Waals surface area (Å²) >= 11 is 3.30. The van der Waals surface area contributed by atoms with Crippen molar-refractivity contribution in [1.82, 2.24) is 19.6 Å². The van der Waals surface area contributed by atoms with Crippen LogP contribution in [0.3, 0.4) is 0 Å². The molecule has 0 spiro atoms. The van der Waals surface area contributed by atoms with Crippen LogP contribution in [0.25, 0.3) is 0 Å². The number of amides is 2. The topological polar surface area (TPSA) is 71.6 Å². The molecule has 2 aromatic rings. The Kier molecular flexibility index (Phi) is 5.55. The van der Waals surface area contributed by atoms with Gasteiger partial charge in [0, 0.05) is 38.3 Å². The Labute approximate surface area is 179 Å². The molecule has 2 amide bonds. The van der Waals surface area contributed by atoms with E-state index in [1.165, 1.54) is 19.1 Å². The molecule has 2 fully saturated rings. The van der Waals surface area contributed by atoms with E-state index in [9.17, 15) is 9.59 Å². The molecule has 4 rings (SSSR count). The van der Waals surface area contributed by atoms with Gasteiger partial charge in [-0.15, -0.1) is 0 Å². The molecule has 2 atom stereocenters. The number of aromatic nitrogens is 2. The zero-order chi connectivity index (χ0) is 20.7. The molecular formula is C21H27BrN4O3. The summed E-state index contributed by atoms with van der Waals surface area (Å²) in [6.45, 7) is 5.28. The summed E-state index contributed by atoms with van der Waals surface area (Å²) in [6.07, 6.45) is 6.58. The van der Waals surface area contributed by atoms with Crippen LogP contribution in [-0.4, -0.2) is 57.6 Å². The number of carbonyl (C=O) groups excluding carboxylic acids is 2. The third-order valence-corrected chi connectivity index (χ3v) is 6.33. The van der Waals surface area contributed by atoms with E-state index in [1.807, 2.05) is 21.8 Å². The molecule has 1 aliphatic carbocycles. The molecule has 7 nitrogen and oxygen atoms in total. The normalized spacial score (nSPS) is 20.3. The van der Waals surface area contributed by atoms with Crippen LogP contribution in [0.15, 0.2) is 33.5 Å². The van der Waals surface area contributed by atoms with Crippen molar-refractivity contribution in [2.75, 3.05) is 20.1 Å². The lowest BCUT2D eigenvalue weighted by atomic mass is 10.0. The maximum absolute atomic E-state index is 13.3. The molecule has 0 radical (unpaired) electrons. The molecule has 2 aliphatic rings. The molecule has 1 aliphatic heterocycles. The third kappa shape index (κ3) is 4.13. The van der Waals surface area contributed by atoms with Crippen molar-refractivity contribution in [3.8, 4) is 0 Å². The monoisotopic (exact) mass is 462 g/mol. The average Bonchev–Trinajstić information content (AvgIpc) is 3.09. The van der Waals surface area contributed by atoms with Gasteiger partial charge < -0.3 is 14.2 Å². The molecule has 0 bridgehead atoms. The largest absolute Gasteiger partial charge is 0.458 e. The highest BCUT2D eigenvalue weighted by Crippen LogP contribution is 2.39. The summed E-state index contributed by atoms with van der Waals surface area (Å²) < 4.78 is 7.88. The predicted molar refractivity (Wildman–Crippen MR) is 112 cm³/mol. The predicted octanol–water partition coefficient (Wildman–Crippen LogP) is 3.69. The van der Waals surface area contributed by atoms with Crippen molar-refractivity contribution in [2.45, 2.75) is 51.1 Å². The van der Waals surface area contributed by atoms with Gasteiger partial charge in [-0.05, 0) is 47.2 Å². The van der Waals surface area contributed by atoms with Crippen LogP contribution >= 0.6 is 15.9 Å². The zero-order valence-electron chi connectivity index (χ0n) is 17.0. The second-order valence-corrected chi connectivity index (χ2v) is 9.37. The summed E-state index contributed by atoms with van der Waals surface area (Å²) in [4.78, 5) is 29.5. The number of halogens is 1. The fourth-order valence-corrected chi connectivity index (χ4v) is 4.32. The minimum atomic E-state index is -0.316. The highest BCUT2D eigenvalue weighted by molar-refractivity contribution is 9.10. The number of nitrogens with zero attached hydrogens (tertiary/aromatic N) is 4. The van der Waals surface area contributed by atoms with E-state index in [2.05, 4.69) is 29.8 Å². The van der Waals surface area contributed by atoms with Gasteiger partial charge in [-0.2, -0.15) is 5.10 Å². The molecule has 0 aromatic carbocycles. The van der Waals surface area contributed by atoms with Crippen LogP contribution in [0.4, 0.5) is 0 Å². The number of hydrogen-bond acceptors (Lipinski definition) is 4. The zero-order valence-corrected chi connectivity index (χ0v) is 18.6. The maximum Gasteiger partial charge on any atom is 0.289 e. The number of rotatable bonds is 6. The molecular weight excluding hydrogens is 436 g/mol. The highest BCUT2D eigenvalue weighted by Gasteiger charge is 2.37. The van der Waals surface area contributed by atoms with Crippen LogP contribution in [0.2, 0.25) is 0 Å². The Bertz CT molecular complexity index is 901.